The van der Waals surface area contributed by atoms with E-state index in [1.165, 1.54) is 6.20 Å². The van der Waals surface area contributed by atoms with Crippen LogP contribution in [0.15, 0.2) is 36.7 Å². The molecule has 1 amide bonds. The first-order valence-electron chi connectivity index (χ1n) is 8.28. The van der Waals surface area contributed by atoms with Gasteiger partial charge in [0.15, 0.2) is 0 Å². The highest BCUT2D eigenvalue weighted by Gasteiger charge is 2.25. The monoisotopic (exact) mass is 360 g/mol. The molecule has 3 rings (SSSR count). The Morgan fingerprint density at radius 3 is 2.72 bits per heavy atom. The zero-order valence-corrected chi connectivity index (χ0v) is 14.9. The fourth-order valence-corrected chi connectivity index (χ4v) is 3.12. The van der Waals surface area contributed by atoms with Gasteiger partial charge in [-0.2, -0.15) is 0 Å². The molecule has 2 aromatic rings. The molecular weight excluding hydrogens is 340 g/mol. The second-order valence-corrected chi connectivity index (χ2v) is 6.35. The molecule has 1 saturated heterocycles. The number of morpholine rings is 1. The van der Waals surface area contributed by atoms with Crippen molar-refractivity contribution in [1.82, 2.24) is 20.2 Å². The van der Waals surface area contributed by atoms with Gasteiger partial charge >= 0.3 is 0 Å². The third-order valence-electron chi connectivity index (χ3n) is 4.22. The molecule has 1 aromatic carbocycles. The van der Waals surface area contributed by atoms with Crippen LogP contribution in [0.25, 0.3) is 0 Å². The van der Waals surface area contributed by atoms with E-state index in [0.717, 1.165) is 24.3 Å². The number of aryl methyl sites for hydroxylation is 1. The molecule has 0 radical (unpaired) electrons. The van der Waals surface area contributed by atoms with Crippen LogP contribution in [-0.2, 0) is 4.74 Å². The first-order chi connectivity index (χ1) is 12.1. The van der Waals surface area contributed by atoms with Crippen molar-refractivity contribution < 1.29 is 9.53 Å². The van der Waals surface area contributed by atoms with Gasteiger partial charge in [0.1, 0.15) is 5.69 Å². The number of nitrogens with one attached hydrogen (secondary N) is 1. The Hall–Kier alpha value is -2.02. The average Bonchev–Trinajstić information content (AvgIpc) is 2.64. The molecule has 1 aromatic heterocycles. The third kappa shape index (κ3) is 4.54. The summed E-state index contributed by atoms with van der Waals surface area (Å²) in [5, 5.41) is 3.66. The van der Waals surface area contributed by atoms with E-state index in [-0.39, 0.29) is 11.9 Å². The largest absolute Gasteiger partial charge is 0.379 e. The number of rotatable bonds is 5. The SMILES string of the molecule is Cc1cnc(C(=O)NCC(c2ccccc2Cl)N2CCOCC2)cn1. The highest BCUT2D eigenvalue weighted by Crippen LogP contribution is 2.27. The average molecular weight is 361 g/mol. The number of carbonyl (C=O) groups excluding carboxylic acids is 1. The standard InChI is InChI=1S/C18H21ClN4O2/c1-13-10-21-16(11-20-13)18(24)22-12-17(23-6-8-25-9-7-23)14-4-2-3-5-15(14)19/h2-5,10-11,17H,6-9,12H2,1H3,(H,22,24). The van der Waals surface area contributed by atoms with Gasteiger partial charge < -0.3 is 10.1 Å². The summed E-state index contributed by atoms with van der Waals surface area (Å²) in [5.41, 5.74) is 2.09. The number of benzene rings is 1. The minimum Gasteiger partial charge on any atom is -0.379 e. The summed E-state index contributed by atoms with van der Waals surface area (Å²) >= 11 is 6.39. The summed E-state index contributed by atoms with van der Waals surface area (Å²) in [4.78, 5) is 22.9. The molecule has 1 fully saturated rings. The van der Waals surface area contributed by atoms with Gasteiger partial charge in [-0.15, -0.1) is 0 Å². The lowest BCUT2D eigenvalue weighted by molar-refractivity contribution is 0.0162. The Balaban J connectivity index is 1.74. The molecule has 25 heavy (non-hydrogen) atoms. The van der Waals surface area contributed by atoms with Crippen LogP contribution < -0.4 is 5.32 Å². The summed E-state index contributed by atoms with van der Waals surface area (Å²) in [6.07, 6.45) is 3.08. The fraction of sp³-hybridized carbons (Fsp3) is 0.389. The zero-order valence-electron chi connectivity index (χ0n) is 14.1. The predicted molar refractivity (Wildman–Crippen MR) is 95.7 cm³/mol. The van der Waals surface area contributed by atoms with E-state index in [1.807, 2.05) is 31.2 Å². The van der Waals surface area contributed by atoms with Crippen molar-refractivity contribution in [3.63, 3.8) is 0 Å². The van der Waals surface area contributed by atoms with Gasteiger partial charge in [-0.1, -0.05) is 29.8 Å². The van der Waals surface area contributed by atoms with Crippen LogP contribution >= 0.6 is 11.6 Å². The molecule has 1 unspecified atom stereocenters. The van der Waals surface area contributed by atoms with Crippen LogP contribution in [0.1, 0.15) is 27.8 Å². The lowest BCUT2D eigenvalue weighted by Gasteiger charge is -2.35. The summed E-state index contributed by atoms with van der Waals surface area (Å²) in [6.45, 7) is 5.24. The van der Waals surface area contributed by atoms with E-state index >= 15 is 0 Å². The molecule has 1 N–H and O–H groups in total. The number of hydrogen-bond donors (Lipinski definition) is 1. The minimum absolute atomic E-state index is 0.0139. The molecule has 0 aliphatic carbocycles. The third-order valence-corrected chi connectivity index (χ3v) is 4.56. The number of amides is 1. The van der Waals surface area contributed by atoms with Crippen molar-refractivity contribution in [3.05, 3.63) is 58.6 Å². The van der Waals surface area contributed by atoms with Gasteiger partial charge in [-0.05, 0) is 18.6 Å². The number of ether oxygens (including phenoxy) is 1. The van der Waals surface area contributed by atoms with Crippen molar-refractivity contribution in [2.24, 2.45) is 0 Å². The molecule has 0 spiro atoms. The van der Waals surface area contributed by atoms with Gasteiger partial charge in [0.05, 0.1) is 31.1 Å². The lowest BCUT2D eigenvalue weighted by atomic mass is 10.0. The van der Waals surface area contributed by atoms with Crippen LogP contribution in [0.3, 0.4) is 0 Å². The molecule has 0 saturated carbocycles. The van der Waals surface area contributed by atoms with Gasteiger partial charge in [-0.3, -0.25) is 14.7 Å². The fourth-order valence-electron chi connectivity index (χ4n) is 2.86. The molecule has 1 aliphatic rings. The first kappa shape index (κ1) is 17.8. The maximum absolute atomic E-state index is 12.4. The minimum atomic E-state index is -0.238. The number of nitrogens with zero attached hydrogens (tertiary/aromatic N) is 3. The number of halogens is 1. The second kappa shape index (κ2) is 8.38. The van der Waals surface area contributed by atoms with Crippen LogP contribution in [0.4, 0.5) is 0 Å². The van der Waals surface area contributed by atoms with Crippen LogP contribution in [0, 0.1) is 6.92 Å². The number of carbonyl (C=O) groups is 1. The Morgan fingerprint density at radius 2 is 2.04 bits per heavy atom. The van der Waals surface area contributed by atoms with E-state index in [0.29, 0.717) is 30.5 Å². The second-order valence-electron chi connectivity index (χ2n) is 5.94. The maximum atomic E-state index is 12.4. The van der Waals surface area contributed by atoms with E-state index in [1.54, 1.807) is 6.20 Å². The van der Waals surface area contributed by atoms with Crippen LogP contribution in [0.2, 0.25) is 5.02 Å². The zero-order chi connectivity index (χ0) is 17.6. The van der Waals surface area contributed by atoms with E-state index in [4.69, 9.17) is 16.3 Å². The lowest BCUT2D eigenvalue weighted by Crippen LogP contribution is -2.44. The van der Waals surface area contributed by atoms with Gasteiger partial charge in [0.25, 0.3) is 5.91 Å². The summed E-state index contributed by atoms with van der Waals surface area (Å²) < 4.78 is 5.44. The van der Waals surface area contributed by atoms with E-state index < -0.39 is 0 Å². The Bertz CT molecular complexity index is 717. The first-order valence-corrected chi connectivity index (χ1v) is 8.66. The van der Waals surface area contributed by atoms with Crippen LogP contribution in [-0.4, -0.2) is 53.6 Å². The topological polar surface area (TPSA) is 67.4 Å². The maximum Gasteiger partial charge on any atom is 0.271 e. The smallest absolute Gasteiger partial charge is 0.271 e. The molecule has 1 atom stereocenters. The van der Waals surface area contributed by atoms with Crippen molar-refractivity contribution >= 4 is 17.5 Å². The normalized spacial score (nSPS) is 16.4. The quantitative estimate of drug-likeness (QED) is 0.885. The Kier molecular flexibility index (Phi) is 5.96. The van der Waals surface area contributed by atoms with Crippen molar-refractivity contribution in [2.75, 3.05) is 32.8 Å². The van der Waals surface area contributed by atoms with Gasteiger partial charge in [0, 0.05) is 30.9 Å². The Morgan fingerprint density at radius 1 is 1.28 bits per heavy atom. The van der Waals surface area contributed by atoms with Crippen LogP contribution in [0.5, 0.6) is 0 Å². The number of aromatic nitrogens is 2. The van der Waals surface area contributed by atoms with E-state index in [9.17, 15) is 4.79 Å². The number of hydrogen-bond acceptors (Lipinski definition) is 5. The highest BCUT2D eigenvalue weighted by atomic mass is 35.5. The van der Waals surface area contributed by atoms with Gasteiger partial charge in [0.2, 0.25) is 0 Å². The van der Waals surface area contributed by atoms with Crippen molar-refractivity contribution in [2.45, 2.75) is 13.0 Å². The molecular formula is C18H21ClN4O2. The molecule has 132 valence electrons. The molecule has 0 bridgehead atoms. The Labute approximate surface area is 152 Å². The summed E-state index contributed by atoms with van der Waals surface area (Å²) in [5.74, 6) is -0.238. The molecule has 2 heterocycles. The molecule has 7 heteroatoms. The summed E-state index contributed by atoms with van der Waals surface area (Å²) in [7, 11) is 0. The predicted octanol–water partition coefficient (Wildman–Crippen LogP) is 2.24. The van der Waals surface area contributed by atoms with Gasteiger partial charge in [-0.25, -0.2) is 4.98 Å². The van der Waals surface area contributed by atoms with E-state index in [2.05, 4.69) is 20.2 Å². The molecule has 6 nitrogen and oxygen atoms in total. The highest BCUT2D eigenvalue weighted by molar-refractivity contribution is 6.31. The van der Waals surface area contributed by atoms with Crippen molar-refractivity contribution in [1.29, 1.82) is 0 Å². The molecule has 1 aliphatic heterocycles. The summed E-state index contributed by atoms with van der Waals surface area (Å²) in [6, 6.07) is 7.72. The van der Waals surface area contributed by atoms with Crippen molar-refractivity contribution in [3.8, 4) is 0 Å².